The van der Waals surface area contributed by atoms with Crippen molar-refractivity contribution in [1.82, 2.24) is 0 Å². The lowest BCUT2D eigenvalue weighted by molar-refractivity contribution is -0.870. The van der Waals surface area contributed by atoms with E-state index in [4.69, 9.17) is 18.9 Å². The number of nitrogens with zero attached hydrogens (tertiary/aromatic N) is 1. The van der Waals surface area contributed by atoms with Gasteiger partial charge in [-0.05, 0) is 70.6 Å². The van der Waals surface area contributed by atoms with Gasteiger partial charge in [0.15, 0.2) is 6.10 Å². The summed E-state index contributed by atoms with van der Waals surface area (Å²) in [5.74, 6) is -2.04. The molecule has 0 bridgehead atoms. The minimum Gasteiger partial charge on any atom is -0.477 e. The Balaban J connectivity index is 3.93. The highest BCUT2D eigenvalue weighted by molar-refractivity contribution is 5.71. The summed E-state index contributed by atoms with van der Waals surface area (Å²) in [4.78, 5) is 37.3. The number of quaternary nitrogens is 1. The predicted molar refractivity (Wildman–Crippen MR) is 318 cm³/mol. The van der Waals surface area contributed by atoms with Crippen molar-refractivity contribution in [1.29, 1.82) is 0 Å². The third-order valence-corrected chi connectivity index (χ3v) is 14.1. The lowest BCUT2D eigenvalue weighted by Gasteiger charge is -2.25. The highest BCUT2D eigenvalue weighted by atomic mass is 16.7. The van der Waals surface area contributed by atoms with Crippen LogP contribution < -0.4 is 0 Å². The van der Waals surface area contributed by atoms with Crippen molar-refractivity contribution in [2.24, 2.45) is 0 Å². The van der Waals surface area contributed by atoms with Crippen LogP contribution in [0.1, 0.15) is 296 Å². The van der Waals surface area contributed by atoms with Crippen LogP contribution in [0.3, 0.4) is 0 Å². The molecule has 0 spiro atoms. The zero-order valence-corrected chi connectivity index (χ0v) is 50.0. The standard InChI is InChI=1S/C66H121NO8/c1-6-8-10-12-14-16-18-20-21-22-23-24-25-26-27-28-29-30-31-32-33-34-35-36-37-38-39-40-41-42-43-45-46-48-50-52-54-56-63(68)73-60-62(61-74-66(65(70)71)72-59-58-67(3,4)5)75-64(69)57-55-53-51-49-47-44-19-17-15-13-11-9-7-2/h9,11,15,17,22-23,44,47,62,66H,6-8,10,12-14,16,18-21,24-43,45-46,48-61H2,1-5H3/p+1/b11-9-,17-15-,23-22-,47-44-. The Bertz CT molecular complexity index is 1370. The van der Waals surface area contributed by atoms with Gasteiger partial charge in [0.2, 0.25) is 0 Å². The van der Waals surface area contributed by atoms with E-state index >= 15 is 0 Å². The van der Waals surface area contributed by atoms with Gasteiger partial charge in [0.05, 0.1) is 34.4 Å². The topological polar surface area (TPSA) is 108 Å². The van der Waals surface area contributed by atoms with Crippen molar-refractivity contribution < 1.29 is 42.9 Å². The van der Waals surface area contributed by atoms with Crippen LogP contribution in [0.15, 0.2) is 48.6 Å². The molecule has 0 heterocycles. The first-order valence-electron chi connectivity index (χ1n) is 31.8. The van der Waals surface area contributed by atoms with Gasteiger partial charge in [0, 0.05) is 12.8 Å². The van der Waals surface area contributed by atoms with Gasteiger partial charge >= 0.3 is 17.9 Å². The fraction of sp³-hybridized carbons (Fsp3) is 0.833. The Morgan fingerprint density at radius 3 is 1.16 bits per heavy atom. The average Bonchev–Trinajstić information content (AvgIpc) is 3.38. The molecule has 0 fully saturated rings. The molecule has 0 aliphatic heterocycles. The molecular weight excluding hydrogens is 935 g/mol. The number of carbonyl (C=O) groups excluding carboxylic acids is 2. The first kappa shape index (κ1) is 72.2. The van der Waals surface area contributed by atoms with Crippen LogP contribution in [-0.4, -0.2) is 87.4 Å². The summed E-state index contributed by atoms with van der Waals surface area (Å²) in [6, 6.07) is 0. The number of aliphatic carboxylic acids is 1. The number of carbonyl (C=O) groups is 3. The van der Waals surface area contributed by atoms with Crippen molar-refractivity contribution in [2.45, 2.75) is 309 Å². The van der Waals surface area contributed by atoms with E-state index in [9.17, 15) is 19.5 Å². The van der Waals surface area contributed by atoms with Crippen LogP contribution >= 0.6 is 0 Å². The molecule has 0 rings (SSSR count). The number of allylic oxidation sites excluding steroid dienone is 8. The highest BCUT2D eigenvalue weighted by Gasteiger charge is 2.25. The van der Waals surface area contributed by atoms with Crippen molar-refractivity contribution in [3.8, 4) is 0 Å². The number of hydrogen-bond donors (Lipinski definition) is 1. The summed E-state index contributed by atoms with van der Waals surface area (Å²) in [5.41, 5.74) is 0. The van der Waals surface area contributed by atoms with Crippen LogP contribution in [0.25, 0.3) is 0 Å². The molecule has 0 saturated carbocycles. The Kier molecular flexibility index (Phi) is 55.3. The monoisotopic (exact) mass is 1060 g/mol. The molecule has 0 saturated heterocycles. The maximum atomic E-state index is 12.8. The first-order valence-corrected chi connectivity index (χ1v) is 31.8. The van der Waals surface area contributed by atoms with E-state index in [2.05, 4.69) is 62.5 Å². The van der Waals surface area contributed by atoms with E-state index in [1.807, 2.05) is 21.1 Å². The molecule has 0 aromatic heterocycles. The average molecular weight is 1060 g/mol. The lowest BCUT2D eigenvalue weighted by Crippen LogP contribution is -2.40. The van der Waals surface area contributed by atoms with Crippen molar-refractivity contribution >= 4 is 17.9 Å². The fourth-order valence-electron chi connectivity index (χ4n) is 9.20. The number of unbranched alkanes of at least 4 members (excludes halogenated alkanes) is 36. The quantitative estimate of drug-likeness (QED) is 0.0211. The van der Waals surface area contributed by atoms with Crippen molar-refractivity contribution in [3.63, 3.8) is 0 Å². The molecule has 0 radical (unpaired) electrons. The Morgan fingerprint density at radius 1 is 0.413 bits per heavy atom. The van der Waals surface area contributed by atoms with Crippen molar-refractivity contribution in [2.75, 3.05) is 47.5 Å². The molecule has 0 aromatic rings. The molecule has 0 amide bonds. The lowest BCUT2D eigenvalue weighted by atomic mass is 10.0. The maximum absolute atomic E-state index is 12.8. The summed E-state index contributed by atoms with van der Waals surface area (Å²) < 4.78 is 22.8. The van der Waals surface area contributed by atoms with Crippen LogP contribution in [0.4, 0.5) is 0 Å². The minimum atomic E-state index is -1.52. The Morgan fingerprint density at radius 2 is 0.760 bits per heavy atom. The Hall–Kier alpha value is -2.75. The molecule has 2 atom stereocenters. The van der Waals surface area contributed by atoms with Gasteiger partial charge in [-0.2, -0.15) is 0 Å². The minimum absolute atomic E-state index is 0.182. The van der Waals surface area contributed by atoms with Gasteiger partial charge in [-0.15, -0.1) is 0 Å². The second-order valence-corrected chi connectivity index (χ2v) is 22.7. The Labute approximate surface area is 463 Å². The van der Waals surface area contributed by atoms with E-state index in [1.165, 1.54) is 205 Å². The SMILES string of the molecule is CC/C=C\C/C=C\C/C=C\CCCCCC(=O)OC(COC(=O)CCCCCCCCCCCCCCCCCCCCCCCCCCC/C=C\CCCCCCCCCC)COC(OCC[N+](C)(C)C)C(=O)O. The van der Waals surface area contributed by atoms with Gasteiger partial charge in [-0.3, -0.25) is 9.59 Å². The van der Waals surface area contributed by atoms with Gasteiger partial charge in [-0.1, -0.05) is 262 Å². The highest BCUT2D eigenvalue weighted by Crippen LogP contribution is 2.18. The molecule has 9 nitrogen and oxygen atoms in total. The molecule has 0 aromatic carbocycles. The number of ether oxygens (including phenoxy) is 4. The van der Waals surface area contributed by atoms with Crippen LogP contribution in [0.5, 0.6) is 0 Å². The van der Waals surface area contributed by atoms with Gasteiger partial charge in [-0.25, -0.2) is 4.79 Å². The summed E-state index contributed by atoms with van der Waals surface area (Å²) in [7, 11) is 5.96. The van der Waals surface area contributed by atoms with Crippen LogP contribution in [0, 0.1) is 0 Å². The first-order chi connectivity index (χ1) is 36.6. The number of carboxylic acid groups (broad SMARTS) is 1. The van der Waals surface area contributed by atoms with E-state index in [0.29, 0.717) is 23.9 Å². The second-order valence-electron chi connectivity index (χ2n) is 22.7. The number of hydrogen-bond acceptors (Lipinski definition) is 7. The summed E-state index contributed by atoms with van der Waals surface area (Å²) >= 11 is 0. The molecule has 438 valence electrons. The third kappa shape index (κ3) is 58.8. The predicted octanol–water partition coefficient (Wildman–Crippen LogP) is 19.0. The van der Waals surface area contributed by atoms with Gasteiger partial charge < -0.3 is 28.5 Å². The van der Waals surface area contributed by atoms with E-state index in [1.54, 1.807) is 0 Å². The zero-order chi connectivity index (χ0) is 54.8. The van der Waals surface area contributed by atoms with E-state index < -0.39 is 24.3 Å². The molecule has 1 N–H and O–H groups in total. The van der Waals surface area contributed by atoms with E-state index in [-0.39, 0.29) is 32.2 Å². The smallest absolute Gasteiger partial charge is 0.361 e. The number of carboxylic acids is 1. The second kappa shape index (κ2) is 57.4. The molecule has 0 aliphatic rings. The van der Waals surface area contributed by atoms with E-state index in [0.717, 1.165) is 57.8 Å². The normalized spacial score (nSPS) is 13.0. The van der Waals surface area contributed by atoms with Crippen molar-refractivity contribution in [3.05, 3.63) is 48.6 Å². The molecular formula is C66H122NO8+. The largest absolute Gasteiger partial charge is 0.477 e. The fourth-order valence-corrected chi connectivity index (χ4v) is 9.20. The number of rotatable bonds is 59. The van der Waals surface area contributed by atoms with Crippen LogP contribution in [-0.2, 0) is 33.3 Å². The molecule has 2 unspecified atom stereocenters. The third-order valence-electron chi connectivity index (χ3n) is 14.1. The number of likely N-dealkylation sites (N-methyl/N-ethyl adjacent to an activating group) is 1. The molecule has 0 aliphatic carbocycles. The summed E-state index contributed by atoms with van der Waals surface area (Å²) in [6.45, 7) is 4.75. The maximum Gasteiger partial charge on any atom is 0.361 e. The summed E-state index contributed by atoms with van der Waals surface area (Å²) in [5, 5.41) is 9.68. The molecule has 9 heteroatoms. The number of esters is 2. The van der Waals surface area contributed by atoms with Gasteiger partial charge in [0.25, 0.3) is 6.29 Å². The van der Waals surface area contributed by atoms with Gasteiger partial charge in [0.1, 0.15) is 13.2 Å². The summed E-state index contributed by atoms with van der Waals surface area (Å²) in [6.07, 6.45) is 69.7. The molecule has 75 heavy (non-hydrogen) atoms. The zero-order valence-electron chi connectivity index (χ0n) is 50.0. The van der Waals surface area contributed by atoms with Crippen LogP contribution in [0.2, 0.25) is 0 Å².